The minimum atomic E-state index is -3.74. The Morgan fingerprint density at radius 1 is 1.10 bits per heavy atom. The Balaban J connectivity index is 1.71. The van der Waals surface area contributed by atoms with E-state index in [1.54, 1.807) is 44.4 Å². The van der Waals surface area contributed by atoms with E-state index in [2.05, 4.69) is 10.3 Å². The number of oxazole rings is 1. The SMILES string of the molecule is COc1cccc(-c2nc(CS(=O)(=O)CC(=O)Nc3ccc(C)c(C)c3)c(C)o2)c1. The molecule has 30 heavy (non-hydrogen) atoms. The second-order valence-corrected chi connectivity index (χ2v) is 9.20. The van der Waals surface area contributed by atoms with Crippen LogP contribution in [-0.2, 0) is 20.4 Å². The number of benzene rings is 2. The first kappa shape index (κ1) is 21.6. The molecule has 1 aromatic heterocycles. The van der Waals surface area contributed by atoms with Crippen molar-refractivity contribution in [3.8, 4) is 17.2 Å². The van der Waals surface area contributed by atoms with Crippen LogP contribution in [0.5, 0.6) is 5.75 Å². The molecule has 0 spiro atoms. The average Bonchev–Trinajstić information content (AvgIpc) is 3.04. The predicted octanol–water partition coefficient (Wildman–Crippen LogP) is 3.83. The van der Waals surface area contributed by atoms with Crippen molar-refractivity contribution in [1.82, 2.24) is 4.98 Å². The number of hydrogen-bond donors (Lipinski definition) is 1. The molecule has 0 saturated carbocycles. The Kier molecular flexibility index (Phi) is 6.26. The summed E-state index contributed by atoms with van der Waals surface area (Å²) in [6.07, 6.45) is 0. The van der Waals surface area contributed by atoms with Gasteiger partial charge in [0.15, 0.2) is 9.84 Å². The second kappa shape index (κ2) is 8.71. The van der Waals surface area contributed by atoms with Crippen LogP contribution in [0.25, 0.3) is 11.5 Å². The first-order valence-corrected chi connectivity index (χ1v) is 11.2. The summed E-state index contributed by atoms with van der Waals surface area (Å²) < 4.78 is 35.9. The standard InChI is InChI=1S/C22H24N2O5S/c1-14-8-9-18(10-15(14)2)23-21(25)13-30(26,27)12-20-16(3)29-22(24-20)17-6-5-7-19(11-17)28-4/h5-11H,12-13H2,1-4H3,(H,23,25). The van der Waals surface area contributed by atoms with Gasteiger partial charge in [-0.3, -0.25) is 4.79 Å². The number of nitrogens with one attached hydrogen (secondary N) is 1. The second-order valence-electron chi connectivity index (χ2n) is 7.13. The number of hydrogen-bond acceptors (Lipinski definition) is 6. The molecule has 1 N–H and O–H groups in total. The third-order valence-electron chi connectivity index (χ3n) is 4.71. The summed E-state index contributed by atoms with van der Waals surface area (Å²) in [5.41, 5.74) is 3.63. The predicted molar refractivity (Wildman–Crippen MR) is 115 cm³/mol. The lowest BCUT2D eigenvalue weighted by Gasteiger charge is -2.08. The summed E-state index contributed by atoms with van der Waals surface area (Å²) in [5, 5.41) is 2.63. The number of carbonyl (C=O) groups excluding carboxylic acids is 1. The van der Waals surface area contributed by atoms with Gasteiger partial charge in [0.05, 0.1) is 18.6 Å². The van der Waals surface area contributed by atoms with E-state index >= 15 is 0 Å². The molecular formula is C22H24N2O5S. The Morgan fingerprint density at radius 3 is 2.57 bits per heavy atom. The molecule has 0 aliphatic rings. The highest BCUT2D eigenvalue weighted by Gasteiger charge is 2.22. The molecule has 2 aromatic carbocycles. The molecule has 0 unspecified atom stereocenters. The molecule has 3 rings (SSSR count). The van der Waals surface area contributed by atoms with Crippen molar-refractivity contribution in [2.75, 3.05) is 18.2 Å². The number of methoxy groups -OCH3 is 1. The van der Waals surface area contributed by atoms with E-state index in [-0.39, 0.29) is 11.4 Å². The molecule has 0 atom stereocenters. The molecule has 0 fully saturated rings. The van der Waals surface area contributed by atoms with Crippen molar-refractivity contribution in [1.29, 1.82) is 0 Å². The minimum absolute atomic E-state index is 0.284. The van der Waals surface area contributed by atoms with Gasteiger partial charge in [-0.05, 0) is 62.2 Å². The van der Waals surface area contributed by atoms with Crippen LogP contribution in [-0.4, -0.2) is 32.2 Å². The summed E-state index contributed by atoms with van der Waals surface area (Å²) in [5.74, 6) is -0.275. The van der Waals surface area contributed by atoms with Gasteiger partial charge in [0.25, 0.3) is 0 Å². The maximum Gasteiger partial charge on any atom is 0.239 e. The Morgan fingerprint density at radius 2 is 1.87 bits per heavy atom. The van der Waals surface area contributed by atoms with E-state index in [1.807, 2.05) is 26.0 Å². The lowest BCUT2D eigenvalue weighted by Crippen LogP contribution is -2.24. The number of aromatic nitrogens is 1. The van der Waals surface area contributed by atoms with Crippen LogP contribution in [0.1, 0.15) is 22.6 Å². The Labute approximate surface area is 176 Å². The van der Waals surface area contributed by atoms with Crippen molar-refractivity contribution in [2.45, 2.75) is 26.5 Å². The number of ether oxygens (including phenoxy) is 1. The fraction of sp³-hybridized carbons (Fsp3) is 0.273. The van der Waals surface area contributed by atoms with Gasteiger partial charge in [0, 0.05) is 11.3 Å². The van der Waals surface area contributed by atoms with Gasteiger partial charge in [-0.25, -0.2) is 13.4 Å². The number of aryl methyl sites for hydroxylation is 3. The average molecular weight is 429 g/mol. The van der Waals surface area contributed by atoms with Crippen molar-refractivity contribution in [3.63, 3.8) is 0 Å². The van der Waals surface area contributed by atoms with Crippen LogP contribution >= 0.6 is 0 Å². The van der Waals surface area contributed by atoms with Crippen molar-refractivity contribution < 1.29 is 22.4 Å². The summed E-state index contributed by atoms with van der Waals surface area (Å²) in [4.78, 5) is 16.6. The van der Waals surface area contributed by atoms with Crippen LogP contribution in [0, 0.1) is 20.8 Å². The zero-order valence-corrected chi connectivity index (χ0v) is 18.2. The van der Waals surface area contributed by atoms with Gasteiger partial charge in [-0.1, -0.05) is 12.1 Å². The number of nitrogens with zero attached hydrogens (tertiary/aromatic N) is 1. The van der Waals surface area contributed by atoms with Gasteiger partial charge in [-0.2, -0.15) is 0 Å². The van der Waals surface area contributed by atoms with Crippen molar-refractivity contribution in [3.05, 3.63) is 65.0 Å². The normalized spacial score (nSPS) is 11.3. The lowest BCUT2D eigenvalue weighted by atomic mass is 10.1. The third-order valence-corrected chi connectivity index (χ3v) is 6.12. The number of sulfone groups is 1. The van der Waals surface area contributed by atoms with Crippen LogP contribution < -0.4 is 10.1 Å². The molecule has 3 aromatic rings. The van der Waals surface area contributed by atoms with E-state index in [0.717, 1.165) is 11.1 Å². The number of carbonyl (C=O) groups is 1. The van der Waals surface area contributed by atoms with Gasteiger partial charge in [0.1, 0.15) is 17.3 Å². The van der Waals surface area contributed by atoms with Crippen LogP contribution in [0.2, 0.25) is 0 Å². The van der Waals surface area contributed by atoms with Crippen LogP contribution in [0.15, 0.2) is 46.9 Å². The molecule has 7 nitrogen and oxygen atoms in total. The number of rotatable bonds is 7. The highest BCUT2D eigenvalue weighted by atomic mass is 32.2. The molecule has 1 heterocycles. The third kappa shape index (κ3) is 5.27. The minimum Gasteiger partial charge on any atom is -0.497 e. The maximum absolute atomic E-state index is 12.6. The Bertz CT molecular complexity index is 1180. The maximum atomic E-state index is 12.6. The first-order chi connectivity index (χ1) is 14.2. The summed E-state index contributed by atoms with van der Waals surface area (Å²) >= 11 is 0. The number of anilines is 1. The van der Waals surface area contributed by atoms with Crippen molar-refractivity contribution >= 4 is 21.4 Å². The highest BCUT2D eigenvalue weighted by molar-refractivity contribution is 7.91. The first-order valence-electron chi connectivity index (χ1n) is 9.35. The molecule has 0 aliphatic heterocycles. The molecule has 0 radical (unpaired) electrons. The monoisotopic (exact) mass is 428 g/mol. The quantitative estimate of drug-likeness (QED) is 0.614. The molecule has 0 bridgehead atoms. The van der Waals surface area contributed by atoms with Gasteiger partial charge < -0.3 is 14.5 Å². The van der Waals surface area contributed by atoms with Crippen LogP contribution in [0.3, 0.4) is 0 Å². The zero-order chi connectivity index (χ0) is 21.9. The van der Waals surface area contributed by atoms with Crippen molar-refractivity contribution in [2.24, 2.45) is 0 Å². The zero-order valence-electron chi connectivity index (χ0n) is 17.4. The molecular weight excluding hydrogens is 404 g/mol. The van der Waals surface area contributed by atoms with Crippen LogP contribution in [0.4, 0.5) is 5.69 Å². The highest BCUT2D eigenvalue weighted by Crippen LogP contribution is 2.26. The fourth-order valence-corrected chi connectivity index (χ4v) is 4.17. The van der Waals surface area contributed by atoms with Gasteiger partial charge in [-0.15, -0.1) is 0 Å². The largest absolute Gasteiger partial charge is 0.497 e. The van der Waals surface area contributed by atoms with E-state index in [4.69, 9.17) is 9.15 Å². The smallest absolute Gasteiger partial charge is 0.239 e. The molecule has 8 heteroatoms. The summed E-state index contributed by atoms with van der Waals surface area (Å²) in [7, 11) is -2.18. The van der Waals surface area contributed by atoms with E-state index in [9.17, 15) is 13.2 Å². The summed E-state index contributed by atoms with van der Waals surface area (Å²) in [6, 6.07) is 12.6. The number of amides is 1. The topological polar surface area (TPSA) is 98.5 Å². The molecule has 158 valence electrons. The fourth-order valence-electron chi connectivity index (χ4n) is 2.92. The Hall–Kier alpha value is -3.13. The van der Waals surface area contributed by atoms with E-state index in [1.165, 1.54) is 0 Å². The molecule has 0 aliphatic carbocycles. The molecule has 1 amide bonds. The van der Waals surface area contributed by atoms with Gasteiger partial charge >= 0.3 is 0 Å². The van der Waals surface area contributed by atoms with Gasteiger partial charge in [0.2, 0.25) is 11.8 Å². The van der Waals surface area contributed by atoms with E-state index in [0.29, 0.717) is 28.7 Å². The lowest BCUT2D eigenvalue weighted by molar-refractivity contribution is -0.113. The van der Waals surface area contributed by atoms with E-state index < -0.39 is 21.5 Å². The molecule has 0 saturated heterocycles. The summed E-state index contributed by atoms with van der Waals surface area (Å²) in [6.45, 7) is 5.54.